The molecule has 0 atom stereocenters. The Morgan fingerprint density at radius 1 is 1.03 bits per heavy atom. The maximum atomic E-state index is 15.6. The average molecular weight is 515 g/mol. The summed E-state index contributed by atoms with van der Waals surface area (Å²) >= 11 is 0. The van der Waals surface area contributed by atoms with Crippen molar-refractivity contribution in [1.29, 1.82) is 0 Å². The molecular weight excluding hydrogens is 483 g/mol. The SMILES string of the molecule is CN(C(=O)C1CC1)c1cccc(-c2ccc(C3=NC4(CC4)C(=O)N3CC3CN(C(=O)C4CC4)C3)c(F)c2)c1. The molecule has 7 rings (SSSR count). The molecule has 0 bridgehead atoms. The maximum absolute atomic E-state index is 15.6. The number of aliphatic imine (C=N–C) groups is 1. The van der Waals surface area contributed by atoms with Crippen molar-refractivity contribution in [3.63, 3.8) is 0 Å². The number of carbonyl (C=O) groups is 3. The van der Waals surface area contributed by atoms with E-state index in [-0.39, 0.29) is 35.5 Å². The van der Waals surface area contributed by atoms with Crippen LogP contribution in [0, 0.1) is 23.6 Å². The van der Waals surface area contributed by atoms with E-state index in [2.05, 4.69) is 0 Å². The molecule has 2 aromatic carbocycles. The van der Waals surface area contributed by atoms with E-state index < -0.39 is 11.4 Å². The number of carbonyl (C=O) groups excluding carboxylic acids is 3. The predicted octanol–water partition coefficient (Wildman–Crippen LogP) is 3.86. The van der Waals surface area contributed by atoms with Crippen LogP contribution in [0.1, 0.15) is 44.1 Å². The third kappa shape index (κ3) is 4.01. The highest BCUT2D eigenvalue weighted by molar-refractivity contribution is 6.16. The molecule has 1 spiro atoms. The maximum Gasteiger partial charge on any atom is 0.256 e. The topological polar surface area (TPSA) is 73.3 Å². The van der Waals surface area contributed by atoms with Gasteiger partial charge in [0.2, 0.25) is 11.8 Å². The lowest BCUT2D eigenvalue weighted by Gasteiger charge is -2.41. The lowest BCUT2D eigenvalue weighted by Crippen LogP contribution is -2.55. The number of nitrogens with zero attached hydrogens (tertiary/aromatic N) is 4. The molecule has 7 nitrogen and oxygen atoms in total. The molecule has 3 saturated carbocycles. The monoisotopic (exact) mass is 514 g/mol. The number of rotatable bonds is 7. The highest BCUT2D eigenvalue weighted by Crippen LogP contribution is 2.46. The summed E-state index contributed by atoms with van der Waals surface area (Å²) in [4.78, 5) is 48.0. The summed E-state index contributed by atoms with van der Waals surface area (Å²) in [5.74, 6) is 0.790. The molecule has 1 saturated heterocycles. The number of benzene rings is 2. The predicted molar refractivity (Wildman–Crippen MR) is 141 cm³/mol. The largest absolute Gasteiger partial charge is 0.342 e. The standard InChI is InChI=1S/C30H31FN4O3/c1-33(27(36)19-5-6-19)23-4-2-3-21(13-23)22-9-10-24(25(31)14-22)26-32-30(11-12-30)29(38)35(26)17-18-15-34(16-18)28(37)20-7-8-20/h2-4,9-10,13-14,18-20H,5-8,11-12,15-17H2,1H3. The van der Waals surface area contributed by atoms with E-state index >= 15 is 4.39 Å². The molecule has 0 aromatic heterocycles. The number of likely N-dealkylation sites (tertiary alicyclic amines) is 1. The molecule has 2 aliphatic heterocycles. The molecule has 2 aromatic rings. The molecule has 38 heavy (non-hydrogen) atoms. The second kappa shape index (κ2) is 8.48. The Balaban J connectivity index is 1.11. The van der Waals surface area contributed by atoms with Gasteiger partial charge < -0.3 is 9.80 Å². The van der Waals surface area contributed by atoms with E-state index in [0.29, 0.717) is 49.4 Å². The minimum atomic E-state index is -0.722. The zero-order chi connectivity index (χ0) is 26.2. The molecule has 196 valence electrons. The Bertz CT molecular complexity index is 1390. The molecular formula is C30H31FN4O3. The van der Waals surface area contributed by atoms with Crippen LogP contribution in [-0.2, 0) is 14.4 Å². The molecule has 8 heteroatoms. The van der Waals surface area contributed by atoms with Crippen LogP contribution in [0.4, 0.5) is 10.1 Å². The van der Waals surface area contributed by atoms with Crippen LogP contribution in [0.3, 0.4) is 0 Å². The van der Waals surface area contributed by atoms with Crippen molar-refractivity contribution in [2.75, 3.05) is 31.6 Å². The number of amidine groups is 1. The summed E-state index contributed by atoms with van der Waals surface area (Å²) in [5.41, 5.74) is 1.91. The van der Waals surface area contributed by atoms with E-state index in [9.17, 15) is 14.4 Å². The van der Waals surface area contributed by atoms with Gasteiger partial charge in [0.05, 0.1) is 5.56 Å². The molecule has 3 aliphatic carbocycles. The van der Waals surface area contributed by atoms with E-state index in [0.717, 1.165) is 36.9 Å². The number of anilines is 1. The minimum Gasteiger partial charge on any atom is -0.342 e. The van der Waals surface area contributed by atoms with Crippen molar-refractivity contribution in [2.24, 2.45) is 22.7 Å². The number of hydrogen-bond acceptors (Lipinski definition) is 4. The van der Waals surface area contributed by atoms with Gasteiger partial charge >= 0.3 is 0 Å². The first-order chi connectivity index (χ1) is 18.3. The lowest BCUT2D eigenvalue weighted by atomic mass is 9.97. The first-order valence-electron chi connectivity index (χ1n) is 13.7. The van der Waals surface area contributed by atoms with Gasteiger partial charge in [0.15, 0.2) is 0 Å². The Labute approximate surface area is 221 Å². The quantitative estimate of drug-likeness (QED) is 0.563. The Kier molecular flexibility index (Phi) is 5.26. The molecule has 0 radical (unpaired) electrons. The van der Waals surface area contributed by atoms with Crippen LogP contribution in [-0.4, -0.2) is 65.6 Å². The van der Waals surface area contributed by atoms with Crippen LogP contribution in [0.5, 0.6) is 0 Å². The zero-order valence-electron chi connectivity index (χ0n) is 21.5. The summed E-state index contributed by atoms with van der Waals surface area (Å²) in [6.07, 6.45) is 5.25. The van der Waals surface area contributed by atoms with Gasteiger partial charge in [0.1, 0.15) is 17.2 Å². The molecule has 3 amide bonds. The summed E-state index contributed by atoms with van der Waals surface area (Å²) in [6.45, 7) is 1.75. The highest BCUT2D eigenvalue weighted by atomic mass is 19.1. The average Bonchev–Trinajstić information content (AvgIpc) is 3.75. The summed E-state index contributed by atoms with van der Waals surface area (Å²) < 4.78 is 15.6. The molecule has 0 N–H and O–H groups in total. The van der Waals surface area contributed by atoms with Gasteiger partial charge in [0, 0.05) is 50.1 Å². The van der Waals surface area contributed by atoms with E-state index in [1.54, 1.807) is 22.9 Å². The molecule has 2 heterocycles. The van der Waals surface area contributed by atoms with Crippen LogP contribution in [0.2, 0.25) is 0 Å². The third-order valence-corrected chi connectivity index (χ3v) is 8.61. The van der Waals surface area contributed by atoms with Crippen LogP contribution in [0.15, 0.2) is 47.5 Å². The van der Waals surface area contributed by atoms with Crippen molar-refractivity contribution in [3.05, 3.63) is 53.8 Å². The summed E-state index contributed by atoms with van der Waals surface area (Å²) in [6, 6.07) is 12.6. The first kappa shape index (κ1) is 23.6. The number of hydrogen-bond donors (Lipinski definition) is 0. The lowest BCUT2D eigenvalue weighted by molar-refractivity contribution is -0.139. The number of amides is 3. The highest BCUT2D eigenvalue weighted by Gasteiger charge is 2.58. The normalized spacial score (nSPS) is 21.9. The fourth-order valence-corrected chi connectivity index (χ4v) is 5.69. The van der Waals surface area contributed by atoms with Crippen molar-refractivity contribution < 1.29 is 18.8 Å². The summed E-state index contributed by atoms with van der Waals surface area (Å²) in [7, 11) is 1.78. The van der Waals surface area contributed by atoms with Gasteiger partial charge in [-0.15, -0.1) is 0 Å². The van der Waals surface area contributed by atoms with Gasteiger partial charge in [-0.05, 0) is 73.9 Å². The van der Waals surface area contributed by atoms with E-state index in [1.165, 1.54) is 6.07 Å². The molecule has 5 aliphatic rings. The second-order valence-corrected chi connectivity index (χ2v) is 11.7. The van der Waals surface area contributed by atoms with Crippen LogP contribution < -0.4 is 4.90 Å². The summed E-state index contributed by atoms with van der Waals surface area (Å²) in [5, 5.41) is 0. The van der Waals surface area contributed by atoms with Crippen molar-refractivity contribution in [2.45, 2.75) is 44.1 Å². The zero-order valence-corrected chi connectivity index (χ0v) is 21.5. The first-order valence-corrected chi connectivity index (χ1v) is 13.7. The molecule has 0 unspecified atom stereocenters. The fourth-order valence-electron chi connectivity index (χ4n) is 5.69. The van der Waals surface area contributed by atoms with Crippen molar-refractivity contribution >= 4 is 29.2 Å². The van der Waals surface area contributed by atoms with Crippen LogP contribution in [0.25, 0.3) is 11.1 Å². The van der Waals surface area contributed by atoms with Gasteiger partial charge in [-0.25, -0.2) is 4.39 Å². The second-order valence-electron chi connectivity index (χ2n) is 11.7. The van der Waals surface area contributed by atoms with Gasteiger partial charge in [0.25, 0.3) is 5.91 Å². The number of halogens is 1. The van der Waals surface area contributed by atoms with Gasteiger partial charge in [-0.1, -0.05) is 18.2 Å². The van der Waals surface area contributed by atoms with Gasteiger partial charge in [-0.3, -0.25) is 24.3 Å². The van der Waals surface area contributed by atoms with E-state index in [1.807, 2.05) is 35.2 Å². The fraction of sp³-hybridized carbons (Fsp3) is 0.467. The van der Waals surface area contributed by atoms with E-state index in [4.69, 9.17) is 4.99 Å². The Morgan fingerprint density at radius 3 is 2.39 bits per heavy atom. The van der Waals surface area contributed by atoms with Crippen LogP contribution >= 0.6 is 0 Å². The Morgan fingerprint density at radius 2 is 1.74 bits per heavy atom. The van der Waals surface area contributed by atoms with Crippen molar-refractivity contribution in [1.82, 2.24) is 9.80 Å². The molecule has 4 fully saturated rings. The Hall–Kier alpha value is -3.55. The third-order valence-electron chi connectivity index (χ3n) is 8.61. The van der Waals surface area contributed by atoms with Gasteiger partial charge in [-0.2, -0.15) is 0 Å². The van der Waals surface area contributed by atoms with Crippen molar-refractivity contribution in [3.8, 4) is 11.1 Å². The minimum absolute atomic E-state index is 0.0426. The smallest absolute Gasteiger partial charge is 0.256 e.